The molecule has 5 nitrogen and oxygen atoms in total. The van der Waals surface area contributed by atoms with E-state index >= 15 is 0 Å². The SMILES string of the molecule is O=C(NCC(O)C(O)c1cccc(CCl)c1)OCC1c2ccccc2-c2ccccc21. The number of amides is 1. The zero-order valence-corrected chi connectivity index (χ0v) is 17.6. The first-order valence-corrected chi connectivity index (χ1v) is 10.7. The number of aliphatic hydroxyl groups excluding tert-OH is 2. The second kappa shape index (κ2) is 9.52. The van der Waals surface area contributed by atoms with E-state index in [-0.39, 0.29) is 19.1 Å². The maximum atomic E-state index is 12.2. The zero-order chi connectivity index (χ0) is 21.8. The third kappa shape index (κ3) is 4.59. The van der Waals surface area contributed by atoms with Crippen LogP contribution in [-0.4, -0.2) is 35.6 Å². The van der Waals surface area contributed by atoms with Gasteiger partial charge in [-0.15, -0.1) is 11.6 Å². The Morgan fingerprint density at radius 1 is 0.968 bits per heavy atom. The number of fused-ring (bicyclic) bond motifs is 3. The Balaban J connectivity index is 1.33. The minimum atomic E-state index is -1.17. The molecule has 4 rings (SSSR count). The number of benzene rings is 3. The molecular formula is C25H24ClNO4. The van der Waals surface area contributed by atoms with Gasteiger partial charge in [0.2, 0.25) is 0 Å². The lowest BCUT2D eigenvalue weighted by molar-refractivity contribution is 0.0185. The van der Waals surface area contributed by atoms with Crippen molar-refractivity contribution in [2.75, 3.05) is 13.2 Å². The van der Waals surface area contributed by atoms with Gasteiger partial charge in [-0.3, -0.25) is 0 Å². The average Bonchev–Trinajstić information content (AvgIpc) is 3.14. The predicted molar refractivity (Wildman–Crippen MR) is 120 cm³/mol. The summed E-state index contributed by atoms with van der Waals surface area (Å²) in [7, 11) is 0. The molecule has 0 spiro atoms. The molecule has 0 radical (unpaired) electrons. The van der Waals surface area contributed by atoms with Crippen LogP contribution in [0, 0.1) is 0 Å². The molecule has 6 heteroatoms. The summed E-state index contributed by atoms with van der Waals surface area (Å²) in [5.74, 6) is 0.279. The lowest BCUT2D eigenvalue weighted by Gasteiger charge is -2.20. The van der Waals surface area contributed by atoms with E-state index in [1.807, 2.05) is 30.3 Å². The molecule has 0 saturated carbocycles. The zero-order valence-electron chi connectivity index (χ0n) is 16.9. The van der Waals surface area contributed by atoms with Crippen LogP contribution in [0.15, 0.2) is 72.8 Å². The maximum Gasteiger partial charge on any atom is 0.407 e. The number of carbonyl (C=O) groups is 1. The van der Waals surface area contributed by atoms with Gasteiger partial charge in [0.1, 0.15) is 18.8 Å². The highest BCUT2D eigenvalue weighted by Crippen LogP contribution is 2.44. The topological polar surface area (TPSA) is 78.8 Å². The summed E-state index contributed by atoms with van der Waals surface area (Å²) in [6, 6.07) is 23.3. The molecule has 1 aliphatic carbocycles. The number of rotatable bonds is 7. The van der Waals surface area contributed by atoms with Crippen LogP contribution in [0.25, 0.3) is 11.1 Å². The van der Waals surface area contributed by atoms with Crippen LogP contribution in [0.5, 0.6) is 0 Å². The van der Waals surface area contributed by atoms with Gasteiger partial charge in [0.15, 0.2) is 0 Å². The molecule has 3 aromatic carbocycles. The number of hydrogen-bond donors (Lipinski definition) is 3. The van der Waals surface area contributed by atoms with Crippen molar-refractivity contribution in [1.29, 1.82) is 0 Å². The third-order valence-electron chi connectivity index (χ3n) is 5.61. The number of aliphatic hydroxyl groups is 2. The largest absolute Gasteiger partial charge is 0.449 e. The van der Waals surface area contributed by atoms with Gasteiger partial charge in [-0.25, -0.2) is 4.79 Å². The van der Waals surface area contributed by atoms with Gasteiger partial charge in [0, 0.05) is 18.3 Å². The lowest BCUT2D eigenvalue weighted by Crippen LogP contribution is -2.36. The van der Waals surface area contributed by atoms with Crippen molar-refractivity contribution in [2.45, 2.75) is 24.0 Å². The fourth-order valence-electron chi connectivity index (χ4n) is 4.03. The van der Waals surface area contributed by atoms with Crippen LogP contribution in [0.2, 0.25) is 0 Å². The molecule has 0 heterocycles. The second-order valence-corrected chi connectivity index (χ2v) is 7.86. The summed E-state index contributed by atoms with van der Waals surface area (Å²) in [5.41, 5.74) is 5.96. The van der Waals surface area contributed by atoms with E-state index in [2.05, 4.69) is 29.6 Å². The van der Waals surface area contributed by atoms with E-state index < -0.39 is 18.3 Å². The van der Waals surface area contributed by atoms with Gasteiger partial charge in [-0.05, 0) is 33.4 Å². The molecule has 160 valence electrons. The molecule has 3 aromatic rings. The van der Waals surface area contributed by atoms with Crippen molar-refractivity contribution >= 4 is 17.7 Å². The summed E-state index contributed by atoms with van der Waals surface area (Å²) in [4.78, 5) is 12.2. The third-order valence-corrected chi connectivity index (χ3v) is 5.92. The molecule has 3 N–H and O–H groups in total. The fraction of sp³-hybridized carbons (Fsp3) is 0.240. The fourth-order valence-corrected chi connectivity index (χ4v) is 4.20. The van der Waals surface area contributed by atoms with Crippen LogP contribution in [0.4, 0.5) is 4.79 Å². The standard InChI is InChI=1S/C25H24ClNO4/c26-13-16-6-5-7-17(12-16)24(29)23(28)14-27-25(30)31-15-22-20-10-3-1-8-18(20)19-9-2-4-11-21(19)22/h1-12,22-24,28-29H,13-15H2,(H,27,30). The number of halogens is 1. The van der Waals surface area contributed by atoms with E-state index in [1.165, 1.54) is 0 Å². The molecule has 1 amide bonds. The highest BCUT2D eigenvalue weighted by molar-refractivity contribution is 6.17. The molecule has 31 heavy (non-hydrogen) atoms. The molecule has 0 saturated heterocycles. The van der Waals surface area contributed by atoms with Gasteiger partial charge >= 0.3 is 6.09 Å². The molecular weight excluding hydrogens is 414 g/mol. The Hall–Kier alpha value is -2.86. The number of nitrogens with one attached hydrogen (secondary N) is 1. The summed E-state index contributed by atoms with van der Waals surface area (Å²) in [6.45, 7) is 0.0548. The maximum absolute atomic E-state index is 12.2. The van der Waals surface area contributed by atoms with Crippen molar-refractivity contribution in [2.24, 2.45) is 0 Å². The first-order valence-electron chi connectivity index (χ1n) is 10.2. The number of alkyl halides is 1. The van der Waals surface area contributed by atoms with Gasteiger partial charge in [0.05, 0.1) is 0 Å². The molecule has 0 fully saturated rings. The van der Waals surface area contributed by atoms with Crippen molar-refractivity contribution in [3.63, 3.8) is 0 Å². The monoisotopic (exact) mass is 437 g/mol. The molecule has 0 aliphatic heterocycles. The quantitative estimate of drug-likeness (QED) is 0.480. The van der Waals surface area contributed by atoms with Crippen molar-refractivity contribution in [1.82, 2.24) is 5.32 Å². The van der Waals surface area contributed by atoms with E-state index in [9.17, 15) is 15.0 Å². The van der Waals surface area contributed by atoms with Gasteiger partial charge in [-0.2, -0.15) is 0 Å². The van der Waals surface area contributed by atoms with Crippen LogP contribution < -0.4 is 5.32 Å². The summed E-state index contributed by atoms with van der Waals surface area (Å²) < 4.78 is 5.45. The highest BCUT2D eigenvalue weighted by Gasteiger charge is 2.29. The Bertz CT molecular complexity index is 1030. The lowest BCUT2D eigenvalue weighted by atomic mass is 9.98. The van der Waals surface area contributed by atoms with E-state index in [1.54, 1.807) is 18.2 Å². The Kier molecular flexibility index (Phi) is 6.56. The first-order chi connectivity index (χ1) is 15.1. The van der Waals surface area contributed by atoms with Gasteiger partial charge < -0.3 is 20.3 Å². The highest BCUT2D eigenvalue weighted by atomic mass is 35.5. The Labute approximate surface area is 186 Å². The normalized spacial score (nSPS) is 14.4. The van der Waals surface area contributed by atoms with Gasteiger partial charge in [-0.1, -0.05) is 72.8 Å². The predicted octanol–water partition coefficient (Wildman–Crippen LogP) is 4.36. The molecule has 1 aliphatic rings. The van der Waals surface area contributed by atoms with Crippen molar-refractivity contribution in [3.05, 3.63) is 95.1 Å². The number of carbonyl (C=O) groups excluding carboxylic acids is 1. The molecule has 0 aromatic heterocycles. The first kappa shape index (κ1) is 21.4. The van der Waals surface area contributed by atoms with Crippen molar-refractivity contribution < 1.29 is 19.7 Å². The Morgan fingerprint density at radius 2 is 1.61 bits per heavy atom. The number of alkyl carbamates (subject to hydrolysis) is 1. The average molecular weight is 438 g/mol. The van der Waals surface area contributed by atoms with Crippen LogP contribution in [0.3, 0.4) is 0 Å². The molecule has 0 bridgehead atoms. The summed E-state index contributed by atoms with van der Waals surface area (Å²) in [6.07, 6.45) is -2.95. The second-order valence-electron chi connectivity index (χ2n) is 7.60. The van der Waals surface area contributed by atoms with Gasteiger partial charge in [0.25, 0.3) is 0 Å². The molecule has 2 atom stereocenters. The van der Waals surface area contributed by atoms with E-state index in [0.717, 1.165) is 27.8 Å². The van der Waals surface area contributed by atoms with Crippen LogP contribution >= 0.6 is 11.6 Å². The van der Waals surface area contributed by atoms with Crippen molar-refractivity contribution in [3.8, 4) is 11.1 Å². The van der Waals surface area contributed by atoms with E-state index in [0.29, 0.717) is 11.4 Å². The number of ether oxygens (including phenoxy) is 1. The minimum Gasteiger partial charge on any atom is -0.449 e. The Morgan fingerprint density at radius 3 is 2.26 bits per heavy atom. The van der Waals surface area contributed by atoms with Crippen LogP contribution in [0.1, 0.15) is 34.3 Å². The minimum absolute atomic E-state index is 0.0352. The summed E-state index contributed by atoms with van der Waals surface area (Å²) in [5, 5.41) is 23.2. The molecule has 2 unspecified atom stereocenters. The smallest absolute Gasteiger partial charge is 0.407 e. The number of hydrogen-bond acceptors (Lipinski definition) is 4. The van der Waals surface area contributed by atoms with Crippen LogP contribution in [-0.2, 0) is 10.6 Å². The van der Waals surface area contributed by atoms with E-state index in [4.69, 9.17) is 16.3 Å². The summed E-state index contributed by atoms with van der Waals surface area (Å²) >= 11 is 5.82.